The molecule has 1 N–H and O–H groups in total. The summed E-state index contributed by atoms with van der Waals surface area (Å²) < 4.78 is 25.6. The lowest BCUT2D eigenvalue weighted by Crippen LogP contribution is -2.49. The number of halogens is 2. The molecule has 1 heterocycles. The number of benzene rings is 2. The van der Waals surface area contributed by atoms with Gasteiger partial charge in [-0.3, -0.25) is 4.79 Å². The fraction of sp³-hybridized carbons (Fsp3) is 0.348. The molecule has 2 aromatic carbocycles. The van der Waals surface area contributed by atoms with Crippen molar-refractivity contribution in [2.45, 2.75) is 52.2 Å². The quantitative estimate of drug-likeness (QED) is 0.636. The fourth-order valence-corrected chi connectivity index (χ4v) is 3.70. The third-order valence-electron chi connectivity index (χ3n) is 4.94. The number of carbonyl (C=O) groups is 1. The molecule has 3 rings (SSSR count). The van der Waals surface area contributed by atoms with E-state index in [1.54, 1.807) is 39.8 Å². The van der Waals surface area contributed by atoms with Crippen LogP contribution in [0, 0.1) is 5.82 Å². The summed E-state index contributed by atoms with van der Waals surface area (Å²) in [5.74, 6) is -0.689. The zero-order chi connectivity index (χ0) is 21.6. The van der Waals surface area contributed by atoms with Gasteiger partial charge in [0.25, 0.3) is 0 Å². The Balaban J connectivity index is 2.13. The van der Waals surface area contributed by atoms with E-state index in [1.807, 2.05) is 13.0 Å². The van der Waals surface area contributed by atoms with Crippen molar-refractivity contribution in [3.05, 3.63) is 64.1 Å². The van der Waals surface area contributed by atoms with E-state index < -0.39 is 17.0 Å². The molecule has 0 aliphatic carbocycles. The van der Waals surface area contributed by atoms with E-state index in [0.29, 0.717) is 17.7 Å². The summed E-state index contributed by atoms with van der Waals surface area (Å²) in [5, 5.41) is 11.1. The predicted molar refractivity (Wildman–Crippen MR) is 111 cm³/mol. The molecule has 1 aliphatic rings. The van der Waals surface area contributed by atoms with Crippen LogP contribution in [0.15, 0.2) is 42.2 Å². The van der Waals surface area contributed by atoms with Gasteiger partial charge in [-0.25, -0.2) is 4.39 Å². The summed E-state index contributed by atoms with van der Waals surface area (Å²) in [5.41, 5.74) is -0.527. The monoisotopic (exact) mass is 418 g/mol. The first-order valence-corrected chi connectivity index (χ1v) is 9.79. The number of Topliss-reactive ketones (excluding diaryl/α,β-unsaturated/α-hetero) is 1. The Kier molecular flexibility index (Phi) is 5.50. The average Bonchev–Trinajstić information content (AvgIpc) is 2.62. The normalized spacial score (nSPS) is 18.1. The molecule has 0 fully saturated rings. The number of aliphatic hydroxyl groups is 1. The molecule has 0 atom stereocenters. The zero-order valence-corrected chi connectivity index (χ0v) is 17.9. The van der Waals surface area contributed by atoms with Crippen molar-refractivity contribution in [2.24, 2.45) is 0 Å². The molecule has 29 heavy (non-hydrogen) atoms. The van der Waals surface area contributed by atoms with Crippen molar-refractivity contribution >= 4 is 23.0 Å². The Morgan fingerprint density at radius 2 is 1.79 bits per heavy atom. The number of aliphatic hydroxyl groups excluding tert-OH is 1. The van der Waals surface area contributed by atoms with Crippen LogP contribution >= 0.6 is 11.6 Å². The molecule has 0 saturated carbocycles. The molecule has 0 aromatic heterocycles. The van der Waals surface area contributed by atoms with Crippen LogP contribution in [0.1, 0.15) is 45.7 Å². The van der Waals surface area contributed by atoms with Gasteiger partial charge in [-0.15, -0.1) is 0 Å². The van der Waals surface area contributed by atoms with Crippen molar-refractivity contribution in [3.63, 3.8) is 0 Å². The number of ether oxygens (including phenoxy) is 2. The Hall–Kier alpha value is -2.37. The van der Waals surface area contributed by atoms with Gasteiger partial charge in [0.05, 0.1) is 5.57 Å². The van der Waals surface area contributed by atoms with Crippen LogP contribution in [0.25, 0.3) is 5.57 Å². The summed E-state index contributed by atoms with van der Waals surface area (Å²) in [7, 11) is 0. The Bertz CT molecular complexity index is 1010. The standard InChI is InChI=1S/C23H24ClFO4/c1-6-13-7-9-15(28-18-10-8-14(24)11-17(18)25)12-16(13)19-20(26)22(2,3)29-23(4,5)21(19)27/h7-12,26H,6H2,1-5H3. The van der Waals surface area contributed by atoms with Gasteiger partial charge in [-0.2, -0.15) is 0 Å². The molecule has 154 valence electrons. The van der Waals surface area contributed by atoms with Crippen LogP contribution in [-0.4, -0.2) is 22.1 Å². The second kappa shape index (κ2) is 7.47. The summed E-state index contributed by atoms with van der Waals surface area (Å²) in [6, 6.07) is 9.29. The Labute approximate surface area is 174 Å². The lowest BCUT2D eigenvalue weighted by Gasteiger charge is -2.40. The van der Waals surface area contributed by atoms with E-state index in [1.165, 1.54) is 18.2 Å². The van der Waals surface area contributed by atoms with Gasteiger partial charge < -0.3 is 14.6 Å². The van der Waals surface area contributed by atoms with Gasteiger partial charge in [0.1, 0.15) is 22.7 Å². The molecule has 2 aromatic rings. The van der Waals surface area contributed by atoms with Gasteiger partial charge in [-0.1, -0.05) is 24.6 Å². The third kappa shape index (κ3) is 4.02. The van der Waals surface area contributed by atoms with Crippen LogP contribution in [0.3, 0.4) is 0 Å². The van der Waals surface area contributed by atoms with Crippen LogP contribution in [0.2, 0.25) is 5.02 Å². The van der Waals surface area contributed by atoms with E-state index in [2.05, 4.69) is 0 Å². The number of hydrogen-bond donors (Lipinski definition) is 1. The number of hydrogen-bond acceptors (Lipinski definition) is 4. The summed E-state index contributed by atoms with van der Waals surface area (Å²) in [6.45, 7) is 8.74. The molecule has 0 spiro atoms. The van der Waals surface area contributed by atoms with Crippen molar-refractivity contribution in [1.29, 1.82) is 0 Å². The lowest BCUT2D eigenvalue weighted by molar-refractivity contribution is -0.158. The molecule has 0 radical (unpaired) electrons. The minimum atomic E-state index is -1.10. The molecule has 1 aliphatic heterocycles. The highest BCUT2D eigenvalue weighted by molar-refractivity contribution is 6.30. The zero-order valence-electron chi connectivity index (χ0n) is 17.1. The van der Waals surface area contributed by atoms with Crippen LogP contribution in [-0.2, 0) is 16.0 Å². The number of aryl methyl sites for hydroxylation is 1. The summed E-state index contributed by atoms with van der Waals surface area (Å²) >= 11 is 5.79. The van der Waals surface area contributed by atoms with Crippen molar-refractivity contribution < 1.29 is 23.8 Å². The molecule has 0 unspecified atom stereocenters. The van der Waals surface area contributed by atoms with E-state index in [0.717, 1.165) is 5.56 Å². The SMILES string of the molecule is CCc1ccc(Oc2ccc(Cl)cc2F)cc1C1=C(O)C(C)(C)OC(C)(C)C1=O. The van der Waals surface area contributed by atoms with Gasteiger partial charge in [0.15, 0.2) is 17.3 Å². The fourth-order valence-electron chi connectivity index (χ4n) is 3.54. The highest BCUT2D eigenvalue weighted by Gasteiger charge is 2.47. The largest absolute Gasteiger partial charge is 0.508 e. The minimum absolute atomic E-state index is 0.0155. The first-order chi connectivity index (χ1) is 13.5. The number of rotatable bonds is 4. The highest BCUT2D eigenvalue weighted by atomic mass is 35.5. The molecule has 0 amide bonds. The first-order valence-electron chi connectivity index (χ1n) is 9.41. The van der Waals surface area contributed by atoms with Crippen LogP contribution in [0.4, 0.5) is 4.39 Å². The second-order valence-corrected chi connectivity index (χ2v) is 8.46. The topological polar surface area (TPSA) is 55.8 Å². The van der Waals surface area contributed by atoms with Crippen LogP contribution in [0.5, 0.6) is 11.5 Å². The predicted octanol–water partition coefficient (Wildman–Crippen LogP) is 6.26. The van der Waals surface area contributed by atoms with Crippen LogP contribution < -0.4 is 4.74 Å². The molecule has 4 nitrogen and oxygen atoms in total. The van der Waals surface area contributed by atoms with Crippen molar-refractivity contribution in [2.75, 3.05) is 0 Å². The van der Waals surface area contributed by atoms with Gasteiger partial charge >= 0.3 is 0 Å². The summed E-state index contributed by atoms with van der Waals surface area (Å²) in [4.78, 5) is 13.1. The molecular weight excluding hydrogens is 395 g/mol. The van der Waals surface area contributed by atoms with Gasteiger partial charge in [-0.05, 0) is 75.6 Å². The lowest BCUT2D eigenvalue weighted by atomic mass is 9.81. The minimum Gasteiger partial charge on any atom is -0.508 e. The van der Waals surface area contributed by atoms with Gasteiger partial charge in [0, 0.05) is 5.02 Å². The highest BCUT2D eigenvalue weighted by Crippen LogP contribution is 2.42. The molecule has 0 bridgehead atoms. The number of ketones is 1. The van der Waals surface area contributed by atoms with Crippen molar-refractivity contribution in [1.82, 2.24) is 0 Å². The average molecular weight is 419 g/mol. The molecule has 6 heteroatoms. The van der Waals surface area contributed by atoms with Crippen molar-refractivity contribution in [3.8, 4) is 11.5 Å². The Morgan fingerprint density at radius 3 is 2.41 bits per heavy atom. The van der Waals surface area contributed by atoms with E-state index in [-0.39, 0.29) is 27.9 Å². The third-order valence-corrected chi connectivity index (χ3v) is 5.18. The maximum Gasteiger partial charge on any atom is 0.198 e. The van der Waals surface area contributed by atoms with Gasteiger partial charge in [0.2, 0.25) is 0 Å². The molecule has 0 saturated heterocycles. The van der Waals surface area contributed by atoms with E-state index in [4.69, 9.17) is 21.1 Å². The molecular formula is C23H24ClFO4. The maximum atomic E-state index is 14.1. The van der Waals surface area contributed by atoms with E-state index in [9.17, 15) is 14.3 Å². The second-order valence-electron chi connectivity index (χ2n) is 8.02. The summed E-state index contributed by atoms with van der Waals surface area (Å²) in [6.07, 6.45) is 0.636. The van der Waals surface area contributed by atoms with E-state index >= 15 is 0 Å². The maximum absolute atomic E-state index is 14.1. The Morgan fingerprint density at radius 1 is 1.10 bits per heavy atom. The number of carbonyl (C=O) groups excluding carboxylic acids is 1. The smallest absolute Gasteiger partial charge is 0.198 e. The first kappa shape index (κ1) is 21.3.